The second-order valence-electron chi connectivity index (χ2n) is 7.47. The number of carbonyl (C=O) groups excluding carboxylic acids is 2. The highest BCUT2D eigenvalue weighted by atomic mass is 16.3. The Morgan fingerprint density at radius 2 is 2.00 bits per heavy atom. The average molecular weight is 379 g/mol. The van der Waals surface area contributed by atoms with Crippen LogP contribution in [0.5, 0.6) is 0 Å². The quantitative estimate of drug-likeness (QED) is 0.420. The summed E-state index contributed by atoms with van der Waals surface area (Å²) in [6.45, 7) is 5.76. The van der Waals surface area contributed by atoms with Gasteiger partial charge in [-0.05, 0) is 19.8 Å². The molecule has 4 N–H and O–H groups in total. The summed E-state index contributed by atoms with van der Waals surface area (Å²) < 4.78 is 1.76. The van der Waals surface area contributed by atoms with Gasteiger partial charge in [0.25, 0.3) is 0 Å². The lowest BCUT2D eigenvalue weighted by Gasteiger charge is -2.19. The first-order valence-corrected chi connectivity index (χ1v) is 9.26. The first-order valence-electron chi connectivity index (χ1n) is 9.26. The fraction of sp³-hybridized carbons (Fsp3) is 0.667. The summed E-state index contributed by atoms with van der Waals surface area (Å²) in [6, 6.07) is 1.86. The molecular formula is C18H29N5O4. The smallest absolute Gasteiger partial charge is 0.220 e. The van der Waals surface area contributed by atoms with Crippen LogP contribution in [0.3, 0.4) is 0 Å². The normalized spacial score (nSPS) is 13.1. The van der Waals surface area contributed by atoms with Gasteiger partial charge in [-0.1, -0.05) is 13.8 Å². The summed E-state index contributed by atoms with van der Waals surface area (Å²) in [6.07, 6.45) is 1.42. The third-order valence-corrected chi connectivity index (χ3v) is 4.60. The fourth-order valence-corrected chi connectivity index (χ4v) is 2.62. The zero-order chi connectivity index (χ0) is 20.0. The van der Waals surface area contributed by atoms with E-state index in [1.165, 1.54) is 6.92 Å². The minimum Gasteiger partial charge on any atom is -0.395 e. The maximum Gasteiger partial charge on any atom is 0.220 e. The summed E-state index contributed by atoms with van der Waals surface area (Å²) in [4.78, 5) is 23.2. The van der Waals surface area contributed by atoms with E-state index in [-0.39, 0.29) is 18.3 Å². The fourth-order valence-electron chi connectivity index (χ4n) is 2.62. The van der Waals surface area contributed by atoms with Gasteiger partial charge in [0.05, 0.1) is 6.61 Å². The maximum absolute atomic E-state index is 11.9. The van der Waals surface area contributed by atoms with Crippen molar-refractivity contribution in [2.45, 2.75) is 64.4 Å². The molecule has 2 aromatic heterocycles. The molecule has 2 heterocycles. The average Bonchev–Trinajstić information content (AvgIpc) is 3.20. The number of ketones is 1. The number of aromatic nitrogens is 4. The van der Waals surface area contributed by atoms with Crippen molar-refractivity contribution in [2.75, 3.05) is 13.2 Å². The van der Waals surface area contributed by atoms with Crippen LogP contribution in [0.25, 0.3) is 5.65 Å². The van der Waals surface area contributed by atoms with E-state index in [1.54, 1.807) is 4.52 Å². The third-order valence-electron chi connectivity index (χ3n) is 4.60. The van der Waals surface area contributed by atoms with E-state index in [4.69, 9.17) is 5.11 Å². The van der Waals surface area contributed by atoms with E-state index in [9.17, 15) is 14.7 Å². The highest BCUT2D eigenvalue weighted by Crippen LogP contribution is 2.22. The minimum absolute atomic E-state index is 0.0122. The Balaban J connectivity index is 1.77. The molecule has 0 fully saturated rings. The number of aromatic amines is 1. The van der Waals surface area contributed by atoms with E-state index < -0.39 is 11.5 Å². The molecule has 0 bridgehead atoms. The van der Waals surface area contributed by atoms with Crippen molar-refractivity contribution in [1.82, 2.24) is 25.1 Å². The Kier molecular flexibility index (Phi) is 7.09. The predicted molar refractivity (Wildman–Crippen MR) is 99.3 cm³/mol. The number of unbranched alkanes of at least 4 members (excludes halogenated alkanes) is 1. The zero-order valence-electron chi connectivity index (χ0n) is 16.2. The SMILES string of the molecule is CC(O)C(=O)CCCCC(=O)NCCc1nnc2cc(C(C)(C)CO)[nH]n12. The van der Waals surface area contributed by atoms with Crippen LogP contribution in [0.1, 0.15) is 58.0 Å². The zero-order valence-corrected chi connectivity index (χ0v) is 16.2. The molecular weight excluding hydrogens is 350 g/mol. The monoisotopic (exact) mass is 379 g/mol. The summed E-state index contributed by atoms with van der Waals surface area (Å²) in [5.74, 6) is 0.433. The first kappa shape index (κ1) is 21.0. The van der Waals surface area contributed by atoms with Crippen molar-refractivity contribution in [3.05, 3.63) is 17.6 Å². The largest absolute Gasteiger partial charge is 0.395 e. The van der Waals surface area contributed by atoms with Gasteiger partial charge >= 0.3 is 0 Å². The van der Waals surface area contributed by atoms with Gasteiger partial charge in [0, 0.05) is 43.0 Å². The molecule has 0 spiro atoms. The summed E-state index contributed by atoms with van der Waals surface area (Å²) in [7, 11) is 0. The van der Waals surface area contributed by atoms with Crippen molar-refractivity contribution in [2.24, 2.45) is 0 Å². The number of nitrogens with one attached hydrogen (secondary N) is 2. The van der Waals surface area contributed by atoms with Gasteiger partial charge in [0.15, 0.2) is 17.3 Å². The molecule has 1 amide bonds. The third kappa shape index (κ3) is 5.61. The van der Waals surface area contributed by atoms with Crippen LogP contribution in [-0.4, -0.2) is 61.0 Å². The van der Waals surface area contributed by atoms with E-state index >= 15 is 0 Å². The summed E-state index contributed by atoms with van der Waals surface area (Å²) in [5, 5.41) is 32.9. The Labute approximate surface area is 158 Å². The van der Waals surface area contributed by atoms with Gasteiger partial charge in [-0.2, -0.15) is 0 Å². The summed E-state index contributed by atoms with van der Waals surface area (Å²) in [5.41, 5.74) is 1.14. The van der Waals surface area contributed by atoms with E-state index in [0.29, 0.717) is 50.1 Å². The molecule has 0 aliphatic carbocycles. The van der Waals surface area contributed by atoms with E-state index in [2.05, 4.69) is 20.6 Å². The Hall–Kier alpha value is -2.26. The number of amides is 1. The highest BCUT2D eigenvalue weighted by molar-refractivity contribution is 5.82. The van der Waals surface area contributed by atoms with Gasteiger partial charge in [-0.15, -0.1) is 10.2 Å². The molecule has 0 radical (unpaired) electrons. The molecule has 0 aromatic carbocycles. The number of aliphatic hydroxyl groups excluding tert-OH is 2. The maximum atomic E-state index is 11.9. The van der Waals surface area contributed by atoms with Crippen molar-refractivity contribution < 1.29 is 19.8 Å². The number of rotatable bonds is 11. The molecule has 0 saturated carbocycles. The predicted octanol–water partition coefficient (Wildman–Crippen LogP) is 0.496. The Bertz CT molecular complexity index is 778. The minimum atomic E-state index is -0.935. The van der Waals surface area contributed by atoms with Crippen LogP contribution < -0.4 is 5.32 Å². The molecule has 150 valence electrons. The van der Waals surface area contributed by atoms with Gasteiger partial charge in [-0.3, -0.25) is 14.7 Å². The molecule has 1 unspecified atom stereocenters. The topological polar surface area (TPSA) is 133 Å². The van der Waals surface area contributed by atoms with Gasteiger partial charge in [-0.25, -0.2) is 4.52 Å². The number of Topliss-reactive ketones (excluding diaryl/α,β-unsaturated/α-hetero) is 1. The van der Waals surface area contributed by atoms with Crippen LogP contribution >= 0.6 is 0 Å². The Morgan fingerprint density at radius 1 is 1.30 bits per heavy atom. The van der Waals surface area contributed by atoms with E-state index in [0.717, 1.165) is 5.69 Å². The molecule has 9 nitrogen and oxygen atoms in total. The lowest BCUT2D eigenvalue weighted by molar-refractivity contribution is -0.126. The van der Waals surface area contributed by atoms with Crippen LogP contribution in [0, 0.1) is 0 Å². The van der Waals surface area contributed by atoms with Crippen LogP contribution in [0.4, 0.5) is 0 Å². The van der Waals surface area contributed by atoms with Crippen molar-refractivity contribution in [3.63, 3.8) is 0 Å². The van der Waals surface area contributed by atoms with E-state index in [1.807, 2.05) is 19.9 Å². The highest BCUT2D eigenvalue weighted by Gasteiger charge is 2.23. The molecule has 0 saturated heterocycles. The van der Waals surface area contributed by atoms with Crippen molar-refractivity contribution in [3.8, 4) is 0 Å². The van der Waals surface area contributed by atoms with Gasteiger partial charge in [0.2, 0.25) is 5.91 Å². The number of hydrogen-bond donors (Lipinski definition) is 4. The standard InChI is InChI=1S/C18H29N5O4/c1-12(25)13(26)6-4-5-7-17(27)19-9-8-15-20-21-16-10-14(22-23(15)16)18(2,3)11-24/h10,12,22,24-25H,4-9,11H2,1-3H3,(H,19,27). The van der Waals surface area contributed by atoms with Crippen LogP contribution in [0.2, 0.25) is 0 Å². The van der Waals surface area contributed by atoms with Gasteiger partial charge in [0.1, 0.15) is 6.10 Å². The lowest BCUT2D eigenvalue weighted by Crippen LogP contribution is -2.26. The molecule has 9 heteroatoms. The number of H-pyrrole nitrogens is 1. The number of hydrogen-bond acceptors (Lipinski definition) is 6. The number of carbonyl (C=O) groups is 2. The molecule has 1 atom stereocenters. The molecule has 2 aromatic rings. The second-order valence-corrected chi connectivity index (χ2v) is 7.47. The molecule has 27 heavy (non-hydrogen) atoms. The van der Waals surface area contributed by atoms with Crippen molar-refractivity contribution >= 4 is 17.3 Å². The second kappa shape index (κ2) is 9.09. The van der Waals surface area contributed by atoms with Crippen LogP contribution in [-0.2, 0) is 21.4 Å². The molecule has 2 rings (SSSR count). The first-order chi connectivity index (χ1) is 12.7. The lowest BCUT2D eigenvalue weighted by atomic mass is 9.91. The Morgan fingerprint density at radius 3 is 2.67 bits per heavy atom. The molecule has 0 aliphatic rings. The van der Waals surface area contributed by atoms with Crippen LogP contribution in [0.15, 0.2) is 6.07 Å². The molecule has 0 aliphatic heterocycles. The summed E-state index contributed by atoms with van der Waals surface area (Å²) >= 11 is 0. The number of fused-ring (bicyclic) bond motifs is 1. The van der Waals surface area contributed by atoms with Gasteiger partial charge < -0.3 is 15.5 Å². The number of aliphatic hydroxyl groups is 2. The van der Waals surface area contributed by atoms with Crippen molar-refractivity contribution in [1.29, 1.82) is 0 Å². The number of nitrogens with zero attached hydrogens (tertiary/aromatic N) is 3.